The van der Waals surface area contributed by atoms with Crippen molar-refractivity contribution in [2.45, 2.75) is 52.0 Å². The molecular weight excluding hydrogens is 293 g/mol. The Morgan fingerprint density at radius 3 is 2.48 bits per heavy atom. The quantitative estimate of drug-likeness (QED) is 0.939. The number of carbonyl (C=O) groups excluding carboxylic acids is 1. The first-order chi connectivity index (χ1) is 11.1. The Hall–Kier alpha value is -2.17. The molecule has 23 heavy (non-hydrogen) atoms. The van der Waals surface area contributed by atoms with Crippen LogP contribution < -0.4 is 5.32 Å². The highest BCUT2D eigenvalue weighted by molar-refractivity contribution is 5.96. The van der Waals surface area contributed by atoms with E-state index in [1.54, 1.807) is 16.8 Å². The molecule has 1 fully saturated rings. The first-order valence-electron chi connectivity index (χ1n) is 8.19. The molecule has 122 valence electrons. The van der Waals surface area contributed by atoms with Crippen LogP contribution in [0.5, 0.6) is 0 Å². The maximum Gasteiger partial charge on any atom is 0.255 e. The fraction of sp³-hybridized carbons (Fsp3) is 0.444. The first kappa shape index (κ1) is 15.7. The lowest BCUT2D eigenvalue weighted by Gasteiger charge is -2.22. The van der Waals surface area contributed by atoms with E-state index in [1.807, 2.05) is 13.8 Å². The molecule has 0 aliphatic heterocycles. The minimum atomic E-state index is -0.287. The van der Waals surface area contributed by atoms with Gasteiger partial charge in [0.1, 0.15) is 5.82 Å². The molecule has 1 aromatic heterocycles. The fourth-order valence-electron chi connectivity index (χ4n) is 3.31. The van der Waals surface area contributed by atoms with E-state index in [9.17, 15) is 9.18 Å². The van der Waals surface area contributed by atoms with Crippen molar-refractivity contribution in [2.24, 2.45) is 0 Å². The molecule has 0 radical (unpaired) electrons. The van der Waals surface area contributed by atoms with Gasteiger partial charge < -0.3 is 5.32 Å². The standard InChI is InChI=1S/C18H22FN3O/c1-12-17(18(23)20-15-6-4-3-5-7-15)13(2)22(21-12)16-10-8-14(19)9-11-16/h8-11,15H,3-7H2,1-2H3,(H,20,23). The summed E-state index contributed by atoms with van der Waals surface area (Å²) in [5, 5.41) is 7.60. The molecule has 3 rings (SSSR count). The molecule has 1 amide bonds. The first-order valence-corrected chi connectivity index (χ1v) is 8.19. The van der Waals surface area contributed by atoms with Gasteiger partial charge in [-0.05, 0) is 51.0 Å². The average Bonchev–Trinajstić information content (AvgIpc) is 2.84. The van der Waals surface area contributed by atoms with Gasteiger partial charge in [0.05, 0.1) is 22.6 Å². The van der Waals surface area contributed by atoms with Crippen molar-refractivity contribution in [3.63, 3.8) is 0 Å². The Bertz CT molecular complexity index is 700. The number of halogens is 1. The fourth-order valence-corrected chi connectivity index (χ4v) is 3.31. The summed E-state index contributed by atoms with van der Waals surface area (Å²) in [4.78, 5) is 12.6. The summed E-state index contributed by atoms with van der Waals surface area (Å²) in [7, 11) is 0. The van der Waals surface area contributed by atoms with E-state index < -0.39 is 0 Å². The van der Waals surface area contributed by atoms with Crippen LogP contribution in [0.3, 0.4) is 0 Å². The lowest BCUT2D eigenvalue weighted by molar-refractivity contribution is 0.0926. The number of hydrogen-bond acceptors (Lipinski definition) is 2. The Morgan fingerprint density at radius 2 is 1.83 bits per heavy atom. The highest BCUT2D eigenvalue weighted by Crippen LogP contribution is 2.21. The number of rotatable bonds is 3. The van der Waals surface area contributed by atoms with E-state index in [-0.39, 0.29) is 17.8 Å². The van der Waals surface area contributed by atoms with Crippen LogP contribution in [0.25, 0.3) is 5.69 Å². The van der Waals surface area contributed by atoms with Crippen molar-refractivity contribution in [3.8, 4) is 5.69 Å². The molecular formula is C18H22FN3O. The van der Waals surface area contributed by atoms with Gasteiger partial charge in [-0.3, -0.25) is 4.79 Å². The largest absolute Gasteiger partial charge is 0.349 e. The van der Waals surface area contributed by atoms with E-state index in [2.05, 4.69) is 10.4 Å². The summed E-state index contributed by atoms with van der Waals surface area (Å²) < 4.78 is 14.8. The van der Waals surface area contributed by atoms with Crippen molar-refractivity contribution < 1.29 is 9.18 Å². The van der Waals surface area contributed by atoms with E-state index in [1.165, 1.54) is 31.4 Å². The molecule has 1 aromatic carbocycles. The van der Waals surface area contributed by atoms with Crippen LogP contribution in [0.1, 0.15) is 53.8 Å². The van der Waals surface area contributed by atoms with E-state index in [0.29, 0.717) is 11.3 Å². The number of carbonyl (C=O) groups is 1. The summed E-state index contributed by atoms with van der Waals surface area (Å²) in [6.45, 7) is 3.71. The van der Waals surface area contributed by atoms with Gasteiger partial charge in [-0.2, -0.15) is 5.10 Å². The van der Waals surface area contributed by atoms with Gasteiger partial charge in [0.25, 0.3) is 5.91 Å². The number of nitrogens with one attached hydrogen (secondary N) is 1. The zero-order valence-corrected chi connectivity index (χ0v) is 13.6. The molecule has 0 bridgehead atoms. The van der Waals surface area contributed by atoms with Crippen LogP contribution in [0.15, 0.2) is 24.3 Å². The maximum atomic E-state index is 13.1. The molecule has 1 N–H and O–H groups in total. The van der Waals surface area contributed by atoms with Crippen LogP contribution in [0, 0.1) is 19.7 Å². The Balaban J connectivity index is 1.85. The summed E-state index contributed by atoms with van der Waals surface area (Å²) in [5.41, 5.74) is 2.85. The number of aryl methyl sites for hydroxylation is 1. The predicted molar refractivity (Wildman–Crippen MR) is 87.3 cm³/mol. The summed E-state index contributed by atoms with van der Waals surface area (Å²) in [6.07, 6.45) is 5.72. The Morgan fingerprint density at radius 1 is 1.17 bits per heavy atom. The molecule has 1 saturated carbocycles. The number of hydrogen-bond donors (Lipinski definition) is 1. The van der Waals surface area contributed by atoms with Gasteiger partial charge in [0.15, 0.2) is 0 Å². The van der Waals surface area contributed by atoms with Crippen molar-refractivity contribution in [3.05, 3.63) is 47.0 Å². The molecule has 1 heterocycles. The predicted octanol–water partition coefficient (Wildman–Crippen LogP) is 3.69. The van der Waals surface area contributed by atoms with Crippen molar-refractivity contribution >= 4 is 5.91 Å². The van der Waals surface area contributed by atoms with Crippen molar-refractivity contribution in [1.29, 1.82) is 0 Å². The second-order valence-electron chi connectivity index (χ2n) is 6.24. The van der Waals surface area contributed by atoms with Crippen molar-refractivity contribution in [2.75, 3.05) is 0 Å². The number of amides is 1. The Kier molecular flexibility index (Phi) is 4.46. The maximum absolute atomic E-state index is 13.1. The van der Waals surface area contributed by atoms with Crippen LogP contribution in [-0.2, 0) is 0 Å². The van der Waals surface area contributed by atoms with Gasteiger partial charge in [-0.1, -0.05) is 19.3 Å². The van der Waals surface area contributed by atoms with Gasteiger partial charge in [-0.15, -0.1) is 0 Å². The van der Waals surface area contributed by atoms with Crippen LogP contribution in [-0.4, -0.2) is 21.7 Å². The van der Waals surface area contributed by atoms with E-state index in [4.69, 9.17) is 0 Å². The topological polar surface area (TPSA) is 46.9 Å². The van der Waals surface area contributed by atoms with Crippen LogP contribution >= 0.6 is 0 Å². The molecule has 0 saturated heterocycles. The van der Waals surface area contributed by atoms with Gasteiger partial charge in [0, 0.05) is 6.04 Å². The summed E-state index contributed by atoms with van der Waals surface area (Å²) in [6, 6.07) is 6.39. The highest BCUT2D eigenvalue weighted by atomic mass is 19.1. The molecule has 1 aliphatic carbocycles. The number of nitrogens with zero attached hydrogens (tertiary/aromatic N) is 2. The number of aromatic nitrogens is 2. The lowest BCUT2D eigenvalue weighted by atomic mass is 9.95. The molecule has 5 heteroatoms. The van der Waals surface area contributed by atoms with Gasteiger partial charge in [0.2, 0.25) is 0 Å². The minimum Gasteiger partial charge on any atom is -0.349 e. The van der Waals surface area contributed by atoms with Crippen LogP contribution in [0.2, 0.25) is 0 Å². The lowest BCUT2D eigenvalue weighted by Crippen LogP contribution is -2.36. The third kappa shape index (κ3) is 3.28. The Labute approximate surface area is 135 Å². The second kappa shape index (κ2) is 6.52. The number of benzene rings is 1. The highest BCUT2D eigenvalue weighted by Gasteiger charge is 2.22. The summed E-state index contributed by atoms with van der Waals surface area (Å²) >= 11 is 0. The van der Waals surface area contributed by atoms with Gasteiger partial charge in [-0.25, -0.2) is 9.07 Å². The average molecular weight is 315 g/mol. The minimum absolute atomic E-state index is 0.0553. The molecule has 4 nitrogen and oxygen atoms in total. The molecule has 0 atom stereocenters. The van der Waals surface area contributed by atoms with E-state index >= 15 is 0 Å². The monoisotopic (exact) mass is 315 g/mol. The molecule has 0 spiro atoms. The molecule has 2 aromatic rings. The molecule has 0 unspecified atom stereocenters. The zero-order valence-electron chi connectivity index (χ0n) is 13.6. The van der Waals surface area contributed by atoms with E-state index in [0.717, 1.165) is 24.2 Å². The molecule has 1 aliphatic rings. The van der Waals surface area contributed by atoms with Gasteiger partial charge >= 0.3 is 0 Å². The third-order valence-electron chi connectivity index (χ3n) is 4.53. The SMILES string of the molecule is Cc1nn(-c2ccc(F)cc2)c(C)c1C(=O)NC1CCCCC1. The smallest absolute Gasteiger partial charge is 0.255 e. The normalized spacial score (nSPS) is 15.6. The third-order valence-corrected chi connectivity index (χ3v) is 4.53. The zero-order chi connectivity index (χ0) is 16.4. The van der Waals surface area contributed by atoms with Crippen molar-refractivity contribution in [1.82, 2.24) is 15.1 Å². The second-order valence-corrected chi connectivity index (χ2v) is 6.24. The summed E-state index contributed by atoms with van der Waals surface area (Å²) in [5.74, 6) is -0.342. The van der Waals surface area contributed by atoms with Crippen LogP contribution in [0.4, 0.5) is 4.39 Å².